The lowest BCUT2D eigenvalue weighted by Gasteiger charge is -2.41. The van der Waals surface area contributed by atoms with E-state index < -0.39 is 0 Å². The Hall–Kier alpha value is -5.22. The summed E-state index contributed by atoms with van der Waals surface area (Å²) in [5.41, 5.74) is 18.1. The topological polar surface area (TPSA) is 21.3 Å². The van der Waals surface area contributed by atoms with E-state index in [4.69, 9.17) is 4.42 Å². The van der Waals surface area contributed by atoms with Crippen LogP contribution in [-0.2, 0) is 19.3 Å². The molecule has 0 fully saturated rings. The summed E-state index contributed by atoms with van der Waals surface area (Å²) in [6.07, 6.45) is 10.3. The van der Waals surface area contributed by atoms with Gasteiger partial charge in [-0.25, -0.2) is 0 Å². The molecule has 2 aromatic heterocycles. The third-order valence-electron chi connectivity index (χ3n) is 11.9. The summed E-state index contributed by atoms with van der Waals surface area (Å²) in [5, 5.41) is 5.02. The van der Waals surface area contributed by atoms with Crippen molar-refractivity contribution in [2.45, 2.75) is 78.6 Å². The largest absolute Gasteiger partial charge is 0.454 e. The predicted octanol–water partition coefficient (Wildman–Crippen LogP) is 12.1. The Kier molecular flexibility index (Phi) is 7.56. The van der Waals surface area contributed by atoms with Crippen molar-refractivity contribution < 1.29 is 4.42 Å². The van der Waals surface area contributed by atoms with E-state index in [1.807, 2.05) is 0 Å². The second-order valence-electron chi connectivity index (χ2n) is 15.2. The zero-order valence-electron chi connectivity index (χ0n) is 30.6. The molecule has 2 aliphatic heterocycles. The molecule has 0 amide bonds. The number of hydrogen-bond acceptors (Lipinski definition) is 2. The monoisotopic (exact) mass is 676 g/mol. The lowest BCUT2D eigenvalue weighted by Crippen LogP contribution is -2.57. The summed E-state index contributed by atoms with van der Waals surface area (Å²) in [5.74, 6) is 0. The van der Waals surface area contributed by atoms with Crippen molar-refractivity contribution in [1.29, 1.82) is 0 Å². The van der Waals surface area contributed by atoms with Gasteiger partial charge in [-0.1, -0.05) is 113 Å². The number of unbranched alkanes of at least 4 members (excludes halogenated alkanes) is 3. The van der Waals surface area contributed by atoms with Gasteiger partial charge in [0, 0.05) is 49.5 Å². The van der Waals surface area contributed by atoms with Gasteiger partial charge in [0.1, 0.15) is 5.58 Å². The fourth-order valence-corrected chi connectivity index (χ4v) is 9.53. The molecule has 0 aliphatic carbocycles. The molecule has 0 N–H and O–H groups in total. The molecule has 4 heterocycles. The number of aryl methyl sites for hydroxylation is 3. The Morgan fingerprint density at radius 1 is 0.577 bits per heavy atom. The molecule has 0 bridgehead atoms. The number of fused-ring (bicyclic) bond motifs is 11. The zero-order valence-corrected chi connectivity index (χ0v) is 30.6. The SMILES string of the molecule is CCCCc1cc(CCCC)cc(N2c3cccc(CCCC)c3B3c4c(cc5c(oc6ccccc65)c42)-c2cccc4c5ccccc5n3c24)c1. The Morgan fingerprint density at radius 2 is 1.27 bits per heavy atom. The average Bonchev–Trinajstić information content (AvgIpc) is 3.73. The van der Waals surface area contributed by atoms with E-state index in [9.17, 15) is 0 Å². The first-order valence-electron chi connectivity index (χ1n) is 19.7. The third-order valence-corrected chi connectivity index (χ3v) is 11.9. The second kappa shape index (κ2) is 12.5. The van der Waals surface area contributed by atoms with Crippen LogP contribution < -0.4 is 15.8 Å². The van der Waals surface area contributed by atoms with Crippen LogP contribution in [0, 0.1) is 0 Å². The number of nitrogens with zero attached hydrogens (tertiary/aromatic N) is 2. The van der Waals surface area contributed by atoms with Crippen LogP contribution in [0.2, 0.25) is 0 Å². The van der Waals surface area contributed by atoms with Crippen LogP contribution in [0.3, 0.4) is 0 Å². The molecule has 52 heavy (non-hydrogen) atoms. The van der Waals surface area contributed by atoms with Crippen LogP contribution >= 0.6 is 0 Å². The first-order valence-corrected chi connectivity index (χ1v) is 19.7. The lowest BCUT2D eigenvalue weighted by atomic mass is 9.44. The molecule has 10 rings (SSSR count). The van der Waals surface area contributed by atoms with Gasteiger partial charge >= 0.3 is 6.85 Å². The molecular formula is C48H45BN2O. The van der Waals surface area contributed by atoms with Crippen molar-refractivity contribution in [3.63, 3.8) is 0 Å². The van der Waals surface area contributed by atoms with Crippen molar-refractivity contribution in [3.8, 4) is 11.1 Å². The number of rotatable bonds is 10. The van der Waals surface area contributed by atoms with E-state index in [1.165, 1.54) is 120 Å². The van der Waals surface area contributed by atoms with Crippen LogP contribution in [0.4, 0.5) is 17.1 Å². The van der Waals surface area contributed by atoms with Crippen LogP contribution in [0.25, 0.3) is 54.9 Å². The number of aromatic nitrogens is 1. The molecule has 256 valence electrons. The van der Waals surface area contributed by atoms with E-state index in [2.05, 4.69) is 139 Å². The number of anilines is 3. The highest BCUT2D eigenvalue weighted by Gasteiger charge is 2.45. The van der Waals surface area contributed by atoms with Gasteiger partial charge in [0.05, 0.1) is 5.69 Å². The van der Waals surface area contributed by atoms with E-state index in [-0.39, 0.29) is 6.85 Å². The Balaban J connectivity index is 1.38. The van der Waals surface area contributed by atoms with E-state index in [0.29, 0.717) is 0 Å². The van der Waals surface area contributed by atoms with Crippen molar-refractivity contribution >= 4 is 78.6 Å². The van der Waals surface area contributed by atoms with Gasteiger partial charge in [-0.3, -0.25) is 0 Å². The first kappa shape index (κ1) is 31.5. The smallest absolute Gasteiger partial charge is 0.333 e. The van der Waals surface area contributed by atoms with Gasteiger partial charge in [0.15, 0.2) is 5.58 Å². The quantitative estimate of drug-likeness (QED) is 0.134. The minimum atomic E-state index is 0.0158. The third kappa shape index (κ3) is 4.59. The molecule has 0 saturated heterocycles. The van der Waals surface area contributed by atoms with E-state index >= 15 is 0 Å². The van der Waals surface area contributed by atoms with Crippen LogP contribution in [0.5, 0.6) is 0 Å². The van der Waals surface area contributed by atoms with Crippen molar-refractivity contribution in [2.24, 2.45) is 0 Å². The van der Waals surface area contributed by atoms with Gasteiger partial charge < -0.3 is 13.8 Å². The Morgan fingerprint density at radius 3 is 2.06 bits per heavy atom. The average molecular weight is 677 g/mol. The van der Waals surface area contributed by atoms with Crippen LogP contribution in [0.15, 0.2) is 114 Å². The molecule has 0 spiro atoms. The standard InChI is InChI=1S/C48H45BN2O/c1-4-7-16-31-27-32(17-8-5-2)29-34(28-31)50-42-25-14-19-33(18-9-6-3)44(42)49-45-39(30-40-36-21-11-13-26-43(36)52-48(40)47(45)50)38-23-15-22-37-35-20-10-12-24-41(35)51(49)46(37)38/h10-15,19-30H,4-9,16-18H2,1-3H3. The molecule has 3 nitrogen and oxygen atoms in total. The Bertz CT molecular complexity index is 2650. The van der Waals surface area contributed by atoms with Gasteiger partial charge in [0.2, 0.25) is 0 Å². The predicted molar refractivity (Wildman–Crippen MR) is 223 cm³/mol. The minimum Gasteiger partial charge on any atom is -0.454 e. The van der Waals surface area contributed by atoms with Gasteiger partial charge in [-0.2, -0.15) is 0 Å². The molecule has 4 heteroatoms. The molecule has 6 aromatic carbocycles. The molecule has 2 aliphatic rings. The molecule has 0 atom stereocenters. The summed E-state index contributed by atoms with van der Waals surface area (Å²) >= 11 is 0. The van der Waals surface area contributed by atoms with E-state index in [0.717, 1.165) is 36.8 Å². The summed E-state index contributed by atoms with van der Waals surface area (Å²) in [6, 6.07) is 41.6. The maximum Gasteiger partial charge on any atom is 0.333 e. The summed E-state index contributed by atoms with van der Waals surface area (Å²) in [6.45, 7) is 6.93. The fraction of sp³-hybridized carbons (Fsp3) is 0.250. The molecule has 8 aromatic rings. The molecule has 0 unspecified atom stereocenters. The molecule has 0 saturated carbocycles. The maximum absolute atomic E-state index is 7.05. The van der Waals surface area contributed by atoms with Crippen molar-refractivity contribution in [3.05, 3.63) is 126 Å². The maximum atomic E-state index is 7.05. The normalized spacial score (nSPS) is 13.1. The fourth-order valence-electron chi connectivity index (χ4n) is 9.53. The van der Waals surface area contributed by atoms with Gasteiger partial charge in [-0.05, 0) is 108 Å². The summed E-state index contributed by atoms with van der Waals surface area (Å²) in [4.78, 5) is 2.62. The second-order valence-corrected chi connectivity index (χ2v) is 15.2. The summed E-state index contributed by atoms with van der Waals surface area (Å²) < 4.78 is 9.74. The minimum absolute atomic E-state index is 0.0158. The highest BCUT2D eigenvalue weighted by atomic mass is 16.3. The highest BCUT2D eigenvalue weighted by Crippen LogP contribution is 2.50. The lowest BCUT2D eigenvalue weighted by molar-refractivity contribution is 0.669. The molecular weight excluding hydrogens is 631 g/mol. The number of furan rings is 1. The highest BCUT2D eigenvalue weighted by molar-refractivity contribution is 6.90. The Labute approximate surface area is 307 Å². The van der Waals surface area contributed by atoms with Gasteiger partial charge in [-0.15, -0.1) is 0 Å². The van der Waals surface area contributed by atoms with Crippen LogP contribution in [-0.4, -0.2) is 11.3 Å². The molecule has 0 radical (unpaired) electrons. The number of para-hydroxylation sites is 3. The van der Waals surface area contributed by atoms with Crippen molar-refractivity contribution in [1.82, 2.24) is 4.48 Å². The number of hydrogen-bond donors (Lipinski definition) is 0. The zero-order chi connectivity index (χ0) is 34.9. The van der Waals surface area contributed by atoms with Crippen LogP contribution in [0.1, 0.15) is 76.0 Å². The first-order chi connectivity index (χ1) is 25.7. The summed E-state index contributed by atoms with van der Waals surface area (Å²) in [7, 11) is 0. The van der Waals surface area contributed by atoms with Gasteiger partial charge in [0.25, 0.3) is 0 Å². The number of benzene rings is 6. The van der Waals surface area contributed by atoms with E-state index in [1.54, 1.807) is 0 Å². The van der Waals surface area contributed by atoms with Crippen molar-refractivity contribution in [2.75, 3.05) is 4.90 Å².